The quantitative estimate of drug-likeness (QED) is 0.914. The second-order valence-corrected chi connectivity index (χ2v) is 5.66. The Balaban J connectivity index is 1.81. The maximum atomic E-state index is 12.1. The van der Waals surface area contributed by atoms with Crippen molar-refractivity contribution >= 4 is 5.91 Å². The monoisotopic (exact) mass is 276 g/mol. The lowest BCUT2D eigenvalue weighted by molar-refractivity contribution is -0.128. The first-order chi connectivity index (χ1) is 9.54. The summed E-state index contributed by atoms with van der Waals surface area (Å²) >= 11 is 0. The highest BCUT2D eigenvalue weighted by molar-refractivity contribution is 5.81. The zero-order valence-electron chi connectivity index (χ0n) is 12.6. The molecule has 0 aromatic heterocycles. The molecule has 1 aromatic carbocycles. The van der Waals surface area contributed by atoms with Gasteiger partial charge in [0, 0.05) is 6.04 Å². The molecule has 1 amide bonds. The van der Waals surface area contributed by atoms with Crippen LogP contribution in [0.15, 0.2) is 24.3 Å². The van der Waals surface area contributed by atoms with Crippen molar-refractivity contribution in [2.75, 3.05) is 20.1 Å². The maximum Gasteiger partial charge on any atom is 0.260 e. The second kappa shape index (κ2) is 6.75. The Morgan fingerprint density at radius 2 is 1.90 bits per heavy atom. The van der Waals surface area contributed by atoms with Crippen molar-refractivity contribution in [3.63, 3.8) is 0 Å². The van der Waals surface area contributed by atoms with Gasteiger partial charge in [0.2, 0.25) is 0 Å². The third-order valence-electron chi connectivity index (χ3n) is 3.77. The van der Waals surface area contributed by atoms with Crippen molar-refractivity contribution in [1.82, 2.24) is 10.2 Å². The molecule has 4 heteroatoms. The minimum atomic E-state index is -0.461. The van der Waals surface area contributed by atoms with Crippen LogP contribution in [0.3, 0.4) is 0 Å². The van der Waals surface area contributed by atoms with E-state index in [4.69, 9.17) is 4.74 Å². The molecular formula is C16H24N2O2. The standard InChI is InChI=1S/C16H24N2O2/c1-12-4-6-15(7-5-12)20-13(2)16(19)17-14-8-10-18(3)11-9-14/h4-7,13-14H,8-11H2,1-3H3,(H,17,19)/t13-/m0/s1. The molecule has 0 unspecified atom stereocenters. The average molecular weight is 276 g/mol. The first-order valence-electron chi connectivity index (χ1n) is 7.27. The van der Waals surface area contributed by atoms with Crippen LogP contribution in [0.4, 0.5) is 0 Å². The van der Waals surface area contributed by atoms with Gasteiger partial charge in [-0.1, -0.05) is 17.7 Å². The molecule has 2 rings (SSSR count). The van der Waals surface area contributed by atoms with Crippen LogP contribution in [0, 0.1) is 6.92 Å². The lowest BCUT2D eigenvalue weighted by atomic mass is 10.1. The lowest BCUT2D eigenvalue weighted by Gasteiger charge is -2.30. The molecule has 1 fully saturated rings. The Labute approximate surface area is 121 Å². The van der Waals surface area contributed by atoms with Crippen LogP contribution in [0.1, 0.15) is 25.3 Å². The molecule has 1 aliphatic rings. The Bertz CT molecular complexity index is 436. The molecule has 0 spiro atoms. The SMILES string of the molecule is Cc1ccc(O[C@@H](C)C(=O)NC2CCN(C)CC2)cc1. The van der Waals surface area contributed by atoms with Gasteiger partial charge in [-0.15, -0.1) is 0 Å². The summed E-state index contributed by atoms with van der Waals surface area (Å²) in [6.07, 6.45) is 1.57. The highest BCUT2D eigenvalue weighted by atomic mass is 16.5. The van der Waals surface area contributed by atoms with Crippen LogP contribution in [0.25, 0.3) is 0 Å². The van der Waals surface area contributed by atoms with Gasteiger partial charge in [0.05, 0.1) is 0 Å². The topological polar surface area (TPSA) is 41.6 Å². The van der Waals surface area contributed by atoms with Gasteiger partial charge < -0.3 is 15.0 Å². The van der Waals surface area contributed by atoms with Crippen molar-refractivity contribution in [3.05, 3.63) is 29.8 Å². The number of carbonyl (C=O) groups is 1. The number of rotatable bonds is 4. The number of amides is 1. The number of nitrogens with one attached hydrogen (secondary N) is 1. The van der Waals surface area contributed by atoms with E-state index >= 15 is 0 Å². The average Bonchev–Trinajstić information content (AvgIpc) is 2.44. The van der Waals surface area contributed by atoms with Gasteiger partial charge in [-0.3, -0.25) is 4.79 Å². The number of likely N-dealkylation sites (tertiary alicyclic amines) is 1. The van der Waals surface area contributed by atoms with Gasteiger partial charge in [-0.25, -0.2) is 0 Å². The van der Waals surface area contributed by atoms with E-state index < -0.39 is 6.10 Å². The van der Waals surface area contributed by atoms with Gasteiger partial charge in [0.15, 0.2) is 6.10 Å². The van der Waals surface area contributed by atoms with Gasteiger partial charge in [0.25, 0.3) is 5.91 Å². The van der Waals surface area contributed by atoms with Crippen molar-refractivity contribution in [3.8, 4) is 5.75 Å². The molecule has 1 aliphatic heterocycles. The van der Waals surface area contributed by atoms with E-state index in [-0.39, 0.29) is 11.9 Å². The van der Waals surface area contributed by atoms with Gasteiger partial charge in [0.1, 0.15) is 5.75 Å². The molecule has 1 heterocycles. The van der Waals surface area contributed by atoms with Crippen LogP contribution in [0.5, 0.6) is 5.75 Å². The van der Waals surface area contributed by atoms with E-state index in [1.54, 1.807) is 6.92 Å². The predicted molar refractivity (Wildman–Crippen MR) is 79.9 cm³/mol. The normalized spacial score (nSPS) is 18.6. The first kappa shape index (κ1) is 14.9. The van der Waals surface area contributed by atoms with E-state index in [0.717, 1.165) is 31.7 Å². The molecular weight excluding hydrogens is 252 g/mol. The van der Waals surface area contributed by atoms with E-state index in [1.807, 2.05) is 31.2 Å². The number of benzene rings is 1. The Morgan fingerprint density at radius 1 is 1.30 bits per heavy atom. The van der Waals surface area contributed by atoms with Gasteiger partial charge in [-0.2, -0.15) is 0 Å². The van der Waals surface area contributed by atoms with Gasteiger partial charge in [-0.05, 0) is 59.0 Å². The third-order valence-corrected chi connectivity index (χ3v) is 3.77. The molecule has 0 radical (unpaired) electrons. The van der Waals surface area contributed by atoms with Crippen molar-refractivity contribution < 1.29 is 9.53 Å². The fraction of sp³-hybridized carbons (Fsp3) is 0.562. The van der Waals surface area contributed by atoms with Crippen molar-refractivity contribution in [1.29, 1.82) is 0 Å². The molecule has 1 N–H and O–H groups in total. The van der Waals surface area contributed by atoms with Crippen LogP contribution < -0.4 is 10.1 Å². The molecule has 1 saturated heterocycles. The minimum Gasteiger partial charge on any atom is -0.481 e. The van der Waals surface area contributed by atoms with Gasteiger partial charge >= 0.3 is 0 Å². The lowest BCUT2D eigenvalue weighted by Crippen LogP contribution is -2.47. The summed E-state index contributed by atoms with van der Waals surface area (Å²) in [7, 11) is 2.11. The summed E-state index contributed by atoms with van der Waals surface area (Å²) in [6, 6.07) is 8.04. The van der Waals surface area contributed by atoms with Crippen molar-refractivity contribution in [2.24, 2.45) is 0 Å². The zero-order valence-corrected chi connectivity index (χ0v) is 12.6. The smallest absolute Gasteiger partial charge is 0.260 e. The van der Waals surface area contributed by atoms with E-state index in [0.29, 0.717) is 0 Å². The Kier molecular flexibility index (Phi) is 5.01. The molecule has 110 valence electrons. The summed E-state index contributed by atoms with van der Waals surface area (Å²) < 4.78 is 5.67. The van der Waals surface area contributed by atoms with E-state index in [9.17, 15) is 4.79 Å². The first-order valence-corrected chi connectivity index (χ1v) is 7.27. The molecule has 1 atom stereocenters. The number of aryl methyl sites for hydroxylation is 1. The molecule has 0 aliphatic carbocycles. The summed E-state index contributed by atoms with van der Waals surface area (Å²) in [5.41, 5.74) is 1.18. The Hall–Kier alpha value is -1.55. The molecule has 0 saturated carbocycles. The fourth-order valence-electron chi connectivity index (χ4n) is 2.35. The molecule has 20 heavy (non-hydrogen) atoms. The minimum absolute atomic E-state index is 0.0277. The highest BCUT2D eigenvalue weighted by Crippen LogP contribution is 2.14. The predicted octanol–water partition coefficient (Wildman–Crippen LogP) is 1.97. The van der Waals surface area contributed by atoms with E-state index in [2.05, 4.69) is 17.3 Å². The number of piperidine rings is 1. The number of hydrogen-bond acceptors (Lipinski definition) is 3. The van der Waals surface area contributed by atoms with Crippen molar-refractivity contribution in [2.45, 2.75) is 38.8 Å². The van der Waals surface area contributed by atoms with Crippen LogP contribution in [0.2, 0.25) is 0 Å². The molecule has 0 bridgehead atoms. The number of carbonyl (C=O) groups excluding carboxylic acids is 1. The number of nitrogens with zero attached hydrogens (tertiary/aromatic N) is 1. The fourth-order valence-corrected chi connectivity index (χ4v) is 2.35. The summed E-state index contributed by atoms with van der Waals surface area (Å²) in [5.74, 6) is 0.710. The van der Waals surface area contributed by atoms with Crippen LogP contribution in [-0.4, -0.2) is 43.1 Å². The molecule has 4 nitrogen and oxygen atoms in total. The Morgan fingerprint density at radius 3 is 2.50 bits per heavy atom. The largest absolute Gasteiger partial charge is 0.481 e. The zero-order chi connectivity index (χ0) is 14.5. The van der Waals surface area contributed by atoms with Crippen LogP contribution >= 0.6 is 0 Å². The number of ether oxygens (including phenoxy) is 1. The third kappa shape index (κ3) is 4.23. The number of hydrogen-bond donors (Lipinski definition) is 1. The second-order valence-electron chi connectivity index (χ2n) is 5.66. The van der Waals surface area contributed by atoms with E-state index in [1.165, 1.54) is 5.56 Å². The highest BCUT2D eigenvalue weighted by Gasteiger charge is 2.22. The summed E-state index contributed by atoms with van der Waals surface area (Å²) in [6.45, 7) is 5.90. The van der Waals surface area contributed by atoms with Crippen LogP contribution in [-0.2, 0) is 4.79 Å². The summed E-state index contributed by atoms with van der Waals surface area (Å²) in [4.78, 5) is 14.4. The molecule has 1 aromatic rings. The maximum absolute atomic E-state index is 12.1. The summed E-state index contributed by atoms with van der Waals surface area (Å²) in [5, 5.41) is 3.08.